The predicted octanol–water partition coefficient (Wildman–Crippen LogP) is 5.44. The maximum Gasteiger partial charge on any atom is 0.363 e. The van der Waals surface area contributed by atoms with E-state index in [0.29, 0.717) is 28.5 Å². The van der Waals surface area contributed by atoms with Gasteiger partial charge in [-0.2, -0.15) is 0 Å². The molecule has 1 aliphatic heterocycles. The predicted molar refractivity (Wildman–Crippen MR) is 121 cm³/mol. The number of carbonyl (C=O) groups excluding carboxylic acids is 2. The van der Waals surface area contributed by atoms with Gasteiger partial charge in [-0.15, -0.1) is 0 Å². The number of hydrogen-bond acceptors (Lipinski definition) is 6. The van der Waals surface area contributed by atoms with Crippen molar-refractivity contribution in [3.8, 4) is 11.5 Å². The normalized spacial score (nSPS) is 14.1. The lowest BCUT2D eigenvalue weighted by Gasteiger charge is -2.11. The molecular formula is C25H17ClFNO5. The van der Waals surface area contributed by atoms with Crippen molar-refractivity contribution < 1.29 is 28.2 Å². The van der Waals surface area contributed by atoms with Gasteiger partial charge in [0.2, 0.25) is 5.90 Å². The van der Waals surface area contributed by atoms with E-state index in [9.17, 15) is 14.0 Å². The molecule has 0 unspecified atom stereocenters. The molecule has 3 aromatic carbocycles. The first kappa shape index (κ1) is 22.2. The molecule has 0 saturated carbocycles. The molecule has 0 atom stereocenters. The summed E-state index contributed by atoms with van der Waals surface area (Å²) in [4.78, 5) is 28.8. The van der Waals surface area contributed by atoms with E-state index in [0.717, 1.165) is 0 Å². The lowest BCUT2D eigenvalue weighted by molar-refractivity contribution is -0.129. The first-order valence-electron chi connectivity index (χ1n) is 9.96. The molecule has 33 heavy (non-hydrogen) atoms. The van der Waals surface area contributed by atoms with E-state index in [1.54, 1.807) is 55.5 Å². The fraction of sp³-hybridized carbons (Fsp3) is 0.0800. The number of hydrogen-bond donors (Lipinski definition) is 0. The Labute approximate surface area is 193 Å². The highest BCUT2D eigenvalue weighted by atomic mass is 35.5. The van der Waals surface area contributed by atoms with Crippen molar-refractivity contribution in [3.05, 3.63) is 100.0 Å². The molecule has 1 aliphatic rings. The Kier molecular flexibility index (Phi) is 6.51. The second kappa shape index (κ2) is 9.67. The van der Waals surface area contributed by atoms with Crippen LogP contribution in [-0.4, -0.2) is 24.4 Å². The molecule has 1 heterocycles. The van der Waals surface area contributed by atoms with Crippen molar-refractivity contribution in [3.63, 3.8) is 0 Å². The Bertz CT molecular complexity index is 1280. The van der Waals surface area contributed by atoms with Crippen LogP contribution in [0.15, 0.2) is 77.4 Å². The third kappa shape index (κ3) is 5.10. The van der Waals surface area contributed by atoms with Crippen molar-refractivity contribution in [2.75, 3.05) is 6.61 Å². The highest BCUT2D eigenvalue weighted by molar-refractivity contribution is 6.30. The summed E-state index contributed by atoms with van der Waals surface area (Å²) in [5, 5.41) is 0.505. The lowest BCUT2D eigenvalue weighted by Crippen LogP contribution is -2.09. The van der Waals surface area contributed by atoms with Crippen LogP contribution in [-0.2, 0) is 9.53 Å². The monoisotopic (exact) mass is 465 g/mol. The minimum absolute atomic E-state index is 0.00149. The topological polar surface area (TPSA) is 74.2 Å². The van der Waals surface area contributed by atoms with Gasteiger partial charge in [0.15, 0.2) is 17.2 Å². The summed E-state index contributed by atoms with van der Waals surface area (Å²) < 4.78 is 30.2. The molecule has 166 valence electrons. The van der Waals surface area contributed by atoms with Crippen molar-refractivity contribution in [1.82, 2.24) is 0 Å². The smallest absolute Gasteiger partial charge is 0.363 e. The third-order valence-corrected chi connectivity index (χ3v) is 4.83. The van der Waals surface area contributed by atoms with Gasteiger partial charge < -0.3 is 14.2 Å². The van der Waals surface area contributed by atoms with E-state index in [-0.39, 0.29) is 22.9 Å². The molecule has 3 aromatic rings. The fourth-order valence-corrected chi connectivity index (χ4v) is 3.15. The maximum absolute atomic E-state index is 14.0. The van der Waals surface area contributed by atoms with Crippen LogP contribution in [0.3, 0.4) is 0 Å². The highest BCUT2D eigenvalue weighted by Gasteiger charge is 2.26. The first-order chi connectivity index (χ1) is 15.9. The van der Waals surface area contributed by atoms with E-state index in [2.05, 4.69) is 4.99 Å². The summed E-state index contributed by atoms with van der Waals surface area (Å²) in [6.07, 6.45) is 1.48. The molecule has 0 bridgehead atoms. The van der Waals surface area contributed by atoms with Crippen LogP contribution in [0.25, 0.3) is 6.08 Å². The zero-order chi connectivity index (χ0) is 23.4. The molecule has 0 radical (unpaired) electrons. The van der Waals surface area contributed by atoms with E-state index < -0.39 is 17.8 Å². The molecule has 0 aromatic heterocycles. The van der Waals surface area contributed by atoms with Crippen molar-refractivity contribution >= 4 is 35.5 Å². The van der Waals surface area contributed by atoms with Crippen molar-refractivity contribution in [1.29, 1.82) is 0 Å². The average Bonchev–Trinajstić information content (AvgIpc) is 3.16. The largest absolute Gasteiger partial charge is 0.490 e. The zero-order valence-electron chi connectivity index (χ0n) is 17.4. The quantitative estimate of drug-likeness (QED) is 0.275. The zero-order valence-corrected chi connectivity index (χ0v) is 18.1. The van der Waals surface area contributed by atoms with Crippen molar-refractivity contribution in [2.24, 2.45) is 4.99 Å². The van der Waals surface area contributed by atoms with Gasteiger partial charge in [-0.25, -0.2) is 19.0 Å². The number of esters is 2. The number of halogens is 2. The summed E-state index contributed by atoms with van der Waals surface area (Å²) in [7, 11) is 0. The Morgan fingerprint density at radius 3 is 2.58 bits per heavy atom. The number of carbonyl (C=O) groups is 2. The maximum atomic E-state index is 14.0. The average molecular weight is 466 g/mol. The van der Waals surface area contributed by atoms with E-state index >= 15 is 0 Å². The number of benzene rings is 3. The van der Waals surface area contributed by atoms with E-state index in [1.165, 1.54) is 24.3 Å². The molecule has 0 amide bonds. The van der Waals surface area contributed by atoms with Gasteiger partial charge in [-0.1, -0.05) is 29.8 Å². The van der Waals surface area contributed by atoms with Crippen LogP contribution < -0.4 is 9.47 Å². The number of rotatable bonds is 6. The molecular weight excluding hydrogens is 449 g/mol. The van der Waals surface area contributed by atoms with E-state index in [4.69, 9.17) is 25.8 Å². The minimum atomic E-state index is -0.704. The number of nitrogens with zero attached hydrogens (tertiary/aromatic N) is 1. The van der Waals surface area contributed by atoms with Gasteiger partial charge in [0.1, 0.15) is 5.82 Å². The number of ether oxygens (including phenoxy) is 3. The summed E-state index contributed by atoms with van der Waals surface area (Å²) in [5.41, 5.74) is 0.974. The standard InChI is InChI=1S/C25H17ClFNO5/c1-2-31-22-14-15(7-12-21(22)32-24(29)16-8-10-17(26)11-9-16)13-20-25(30)33-23(28-20)18-5-3-4-6-19(18)27/h3-14H,2H2,1H3. The first-order valence-corrected chi connectivity index (χ1v) is 10.3. The summed E-state index contributed by atoms with van der Waals surface area (Å²) in [5.74, 6) is -1.41. The van der Waals surface area contributed by atoms with Crippen LogP contribution in [0.5, 0.6) is 11.5 Å². The van der Waals surface area contributed by atoms with Crippen LogP contribution in [0.1, 0.15) is 28.4 Å². The molecule has 0 saturated heterocycles. The lowest BCUT2D eigenvalue weighted by atomic mass is 10.1. The van der Waals surface area contributed by atoms with Gasteiger partial charge >= 0.3 is 11.9 Å². The fourth-order valence-electron chi connectivity index (χ4n) is 3.03. The molecule has 6 nitrogen and oxygen atoms in total. The highest BCUT2D eigenvalue weighted by Crippen LogP contribution is 2.31. The van der Waals surface area contributed by atoms with Gasteiger partial charge in [0.25, 0.3) is 0 Å². The summed E-state index contributed by atoms with van der Waals surface area (Å²) in [6, 6.07) is 17.0. The summed E-state index contributed by atoms with van der Waals surface area (Å²) >= 11 is 5.85. The van der Waals surface area contributed by atoms with Crippen LogP contribution in [0.2, 0.25) is 5.02 Å². The SMILES string of the molecule is CCOc1cc(C=C2N=C(c3ccccc3F)OC2=O)ccc1OC(=O)c1ccc(Cl)cc1. The molecule has 0 aliphatic carbocycles. The van der Waals surface area contributed by atoms with Crippen LogP contribution in [0.4, 0.5) is 4.39 Å². The van der Waals surface area contributed by atoms with Gasteiger partial charge in [-0.05, 0) is 67.1 Å². The Balaban J connectivity index is 1.60. The Morgan fingerprint density at radius 1 is 1.09 bits per heavy atom. The molecule has 0 spiro atoms. The molecule has 0 fully saturated rings. The third-order valence-electron chi connectivity index (χ3n) is 4.58. The molecule has 0 N–H and O–H groups in total. The van der Waals surface area contributed by atoms with Crippen LogP contribution >= 0.6 is 11.6 Å². The Morgan fingerprint density at radius 2 is 1.85 bits per heavy atom. The second-order valence-corrected chi connectivity index (χ2v) is 7.29. The number of aliphatic imine (C=N–C) groups is 1. The second-order valence-electron chi connectivity index (χ2n) is 6.85. The summed E-state index contributed by atoms with van der Waals surface area (Å²) in [6.45, 7) is 2.11. The number of cyclic esters (lactones) is 1. The van der Waals surface area contributed by atoms with Crippen LogP contribution in [0, 0.1) is 5.82 Å². The van der Waals surface area contributed by atoms with Gasteiger partial charge in [-0.3, -0.25) is 0 Å². The van der Waals surface area contributed by atoms with Gasteiger partial charge in [0.05, 0.1) is 17.7 Å². The van der Waals surface area contributed by atoms with E-state index in [1.807, 2.05) is 0 Å². The molecule has 4 rings (SSSR count). The van der Waals surface area contributed by atoms with Crippen molar-refractivity contribution in [2.45, 2.75) is 6.92 Å². The Hall–Kier alpha value is -3.97. The molecule has 8 heteroatoms. The minimum Gasteiger partial charge on any atom is -0.490 e. The van der Waals surface area contributed by atoms with Gasteiger partial charge in [0, 0.05) is 5.02 Å².